The van der Waals surface area contributed by atoms with Crippen molar-refractivity contribution in [2.24, 2.45) is 0 Å². The molecule has 0 aliphatic carbocycles. The number of rotatable bonds is 5. The molecule has 0 saturated carbocycles. The molecule has 1 N–H and O–H groups in total. The number of amides is 1. The van der Waals surface area contributed by atoms with Gasteiger partial charge in [-0.1, -0.05) is 0 Å². The Bertz CT molecular complexity index is 882. The number of nitrogens with zero attached hydrogens (tertiary/aromatic N) is 3. The molecule has 0 bridgehead atoms. The highest BCUT2D eigenvalue weighted by Crippen LogP contribution is 2.33. The fourth-order valence-electron chi connectivity index (χ4n) is 3.17. The number of carbonyl (C=O) groups excluding carboxylic acids is 1. The van der Waals surface area contributed by atoms with E-state index in [4.69, 9.17) is 14.2 Å². The van der Waals surface area contributed by atoms with Crippen molar-refractivity contribution in [2.75, 3.05) is 19.9 Å². The molecule has 2 aromatic rings. The quantitative estimate of drug-likeness (QED) is 0.827. The lowest BCUT2D eigenvalue weighted by Gasteiger charge is -2.10. The van der Waals surface area contributed by atoms with Crippen LogP contribution in [0.2, 0.25) is 0 Å². The van der Waals surface area contributed by atoms with E-state index in [9.17, 15) is 9.59 Å². The van der Waals surface area contributed by atoms with E-state index in [2.05, 4.69) is 10.4 Å². The van der Waals surface area contributed by atoms with Gasteiger partial charge in [-0.2, -0.15) is 5.10 Å². The predicted octanol–water partition coefficient (Wildman–Crippen LogP) is 0.366. The van der Waals surface area contributed by atoms with Gasteiger partial charge < -0.3 is 19.5 Å². The first-order valence-corrected chi connectivity index (χ1v) is 8.56. The zero-order chi connectivity index (χ0) is 18.1. The van der Waals surface area contributed by atoms with Gasteiger partial charge in [-0.25, -0.2) is 14.0 Å². The van der Waals surface area contributed by atoms with Gasteiger partial charge in [-0.3, -0.25) is 4.79 Å². The van der Waals surface area contributed by atoms with E-state index in [1.807, 2.05) is 0 Å². The highest BCUT2D eigenvalue weighted by molar-refractivity contribution is 5.75. The van der Waals surface area contributed by atoms with Gasteiger partial charge in [0.1, 0.15) is 12.4 Å². The standard InChI is InChI=1S/C17H20N4O5/c1-11-19-20(9-16(22)18-8-13-3-2-6-24-13)17(23)21(11)12-4-5-14-15(7-12)26-10-25-14/h4-5,7,13H,2-3,6,8-10H2,1H3,(H,18,22)/t13-/m0/s1. The fraction of sp³-hybridized carbons (Fsp3) is 0.471. The first kappa shape index (κ1) is 16.6. The lowest BCUT2D eigenvalue weighted by Crippen LogP contribution is -2.37. The Balaban J connectivity index is 1.49. The van der Waals surface area contributed by atoms with Crippen molar-refractivity contribution in [3.8, 4) is 17.2 Å². The van der Waals surface area contributed by atoms with E-state index >= 15 is 0 Å². The SMILES string of the molecule is Cc1nn(CC(=O)NC[C@@H]2CCCO2)c(=O)n1-c1ccc2c(c1)OCO2. The summed E-state index contributed by atoms with van der Waals surface area (Å²) in [6.45, 7) is 2.93. The third kappa shape index (κ3) is 3.17. The van der Waals surface area contributed by atoms with E-state index < -0.39 is 0 Å². The van der Waals surface area contributed by atoms with Crippen LogP contribution in [0.25, 0.3) is 5.69 Å². The predicted molar refractivity (Wildman–Crippen MR) is 90.7 cm³/mol. The number of nitrogens with one attached hydrogen (secondary N) is 1. The molecule has 1 atom stereocenters. The second-order valence-electron chi connectivity index (χ2n) is 6.30. The van der Waals surface area contributed by atoms with Crippen LogP contribution >= 0.6 is 0 Å². The molecule has 0 unspecified atom stereocenters. The summed E-state index contributed by atoms with van der Waals surface area (Å²) in [4.78, 5) is 24.8. The zero-order valence-electron chi connectivity index (χ0n) is 14.4. The molecule has 1 amide bonds. The largest absolute Gasteiger partial charge is 0.454 e. The van der Waals surface area contributed by atoms with Gasteiger partial charge >= 0.3 is 5.69 Å². The number of carbonyl (C=O) groups is 1. The molecule has 9 heteroatoms. The molecule has 1 aromatic carbocycles. The van der Waals surface area contributed by atoms with Gasteiger partial charge in [0.25, 0.3) is 0 Å². The van der Waals surface area contributed by atoms with Gasteiger partial charge in [0.2, 0.25) is 12.7 Å². The number of aromatic nitrogens is 3. The average Bonchev–Trinajstić information content (AvgIpc) is 3.34. The second-order valence-corrected chi connectivity index (χ2v) is 6.30. The van der Waals surface area contributed by atoms with Crippen LogP contribution in [-0.4, -0.2) is 46.3 Å². The molecule has 9 nitrogen and oxygen atoms in total. The van der Waals surface area contributed by atoms with Gasteiger partial charge in [0.15, 0.2) is 11.5 Å². The van der Waals surface area contributed by atoms with E-state index in [0.717, 1.165) is 24.1 Å². The van der Waals surface area contributed by atoms with Gasteiger partial charge in [-0.15, -0.1) is 0 Å². The third-order valence-electron chi connectivity index (χ3n) is 4.46. The van der Waals surface area contributed by atoms with Crippen molar-refractivity contribution >= 4 is 5.91 Å². The molecule has 26 heavy (non-hydrogen) atoms. The van der Waals surface area contributed by atoms with E-state index in [0.29, 0.717) is 29.6 Å². The zero-order valence-corrected chi connectivity index (χ0v) is 14.4. The minimum atomic E-state index is -0.381. The summed E-state index contributed by atoms with van der Waals surface area (Å²) in [7, 11) is 0. The average molecular weight is 360 g/mol. The summed E-state index contributed by atoms with van der Waals surface area (Å²) >= 11 is 0. The van der Waals surface area contributed by atoms with Crippen molar-refractivity contribution < 1.29 is 19.0 Å². The van der Waals surface area contributed by atoms with E-state index in [-0.39, 0.29) is 31.0 Å². The highest BCUT2D eigenvalue weighted by atomic mass is 16.7. The topological polar surface area (TPSA) is 96.6 Å². The Morgan fingerprint density at radius 1 is 1.35 bits per heavy atom. The Morgan fingerprint density at radius 2 is 2.19 bits per heavy atom. The Kier molecular flexibility index (Phi) is 4.37. The summed E-state index contributed by atoms with van der Waals surface area (Å²) in [5.74, 6) is 1.44. The van der Waals surface area contributed by atoms with Crippen molar-refractivity contribution in [3.63, 3.8) is 0 Å². The summed E-state index contributed by atoms with van der Waals surface area (Å²) in [6, 6.07) is 5.22. The smallest absolute Gasteiger partial charge is 0.351 e. The molecule has 138 valence electrons. The van der Waals surface area contributed by atoms with Crippen molar-refractivity contribution in [3.05, 3.63) is 34.5 Å². The molecular formula is C17H20N4O5. The molecule has 3 heterocycles. The van der Waals surface area contributed by atoms with Crippen molar-refractivity contribution in [2.45, 2.75) is 32.4 Å². The number of hydrogen-bond donors (Lipinski definition) is 1. The Morgan fingerprint density at radius 3 is 3.00 bits per heavy atom. The van der Waals surface area contributed by atoms with Crippen LogP contribution in [0.15, 0.2) is 23.0 Å². The molecule has 2 aliphatic rings. The summed E-state index contributed by atoms with van der Waals surface area (Å²) in [5, 5.41) is 7.00. The molecular weight excluding hydrogens is 340 g/mol. The monoisotopic (exact) mass is 360 g/mol. The maximum atomic E-state index is 12.7. The highest BCUT2D eigenvalue weighted by Gasteiger charge is 2.20. The minimum Gasteiger partial charge on any atom is -0.454 e. The van der Waals surface area contributed by atoms with Gasteiger partial charge in [0, 0.05) is 19.2 Å². The molecule has 0 radical (unpaired) electrons. The van der Waals surface area contributed by atoms with Crippen molar-refractivity contribution in [1.82, 2.24) is 19.7 Å². The van der Waals surface area contributed by atoms with Crippen molar-refractivity contribution in [1.29, 1.82) is 0 Å². The first-order chi connectivity index (χ1) is 12.6. The van der Waals surface area contributed by atoms with Crippen LogP contribution in [0.5, 0.6) is 11.5 Å². The number of fused-ring (bicyclic) bond motifs is 1. The normalized spacial score (nSPS) is 18.3. The maximum absolute atomic E-state index is 12.7. The van der Waals surface area contributed by atoms with Crippen LogP contribution in [0.1, 0.15) is 18.7 Å². The molecule has 4 rings (SSSR count). The summed E-state index contributed by atoms with van der Waals surface area (Å²) < 4.78 is 18.7. The third-order valence-corrected chi connectivity index (χ3v) is 4.46. The minimum absolute atomic E-state index is 0.0589. The molecule has 1 aromatic heterocycles. The van der Waals surface area contributed by atoms with Crippen LogP contribution in [0, 0.1) is 6.92 Å². The molecule has 2 aliphatic heterocycles. The maximum Gasteiger partial charge on any atom is 0.351 e. The summed E-state index contributed by atoms with van der Waals surface area (Å²) in [5.41, 5.74) is 0.233. The van der Waals surface area contributed by atoms with Gasteiger partial charge in [0.05, 0.1) is 11.8 Å². The lowest BCUT2D eigenvalue weighted by molar-refractivity contribution is -0.122. The van der Waals surface area contributed by atoms with Gasteiger partial charge in [-0.05, 0) is 31.9 Å². The Hall–Kier alpha value is -2.81. The number of hydrogen-bond acceptors (Lipinski definition) is 6. The van der Waals surface area contributed by atoms with Crippen LogP contribution in [0.3, 0.4) is 0 Å². The molecule has 1 fully saturated rings. The van der Waals surface area contributed by atoms with Crippen LogP contribution < -0.4 is 20.5 Å². The van der Waals surface area contributed by atoms with E-state index in [1.54, 1.807) is 25.1 Å². The molecule has 1 saturated heterocycles. The van der Waals surface area contributed by atoms with Crippen LogP contribution in [0.4, 0.5) is 0 Å². The lowest BCUT2D eigenvalue weighted by atomic mass is 10.2. The van der Waals surface area contributed by atoms with Crippen LogP contribution in [-0.2, 0) is 16.1 Å². The van der Waals surface area contributed by atoms with E-state index in [1.165, 1.54) is 4.57 Å². The Labute approximate surface area is 149 Å². The number of ether oxygens (including phenoxy) is 3. The summed E-state index contributed by atoms with van der Waals surface area (Å²) in [6.07, 6.45) is 2.01. The fourth-order valence-corrected chi connectivity index (χ4v) is 3.17. The second kappa shape index (κ2) is 6.83. The number of aryl methyl sites for hydroxylation is 1. The number of benzene rings is 1. The first-order valence-electron chi connectivity index (χ1n) is 8.56. The molecule has 0 spiro atoms.